The number of nitrogens with one attached hydrogen (secondary N) is 1. The third-order valence-electron chi connectivity index (χ3n) is 5.67. The molecular weight excluding hydrogens is 322 g/mol. The predicted octanol–water partition coefficient (Wildman–Crippen LogP) is 4.86. The molecule has 3 aromatic rings. The van der Waals surface area contributed by atoms with Crippen LogP contribution in [0.1, 0.15) is 58.0 Å². The van der Waals surface area contributed by atoms with Gasteiger partial charge in [0.2, 0.25) is 0 Å². The molecule has 1 aliphatic rings. The summed E-state index contributed by atoms with van der Waals surface area (Å²) < 4.78 is 0. The van der Waals surface area contributed by atoms with Crippen LogP contribution in [-0.4, -0.2) is 27.3 Å². The van der Waals surface area contributed by atoms with Gasteiger partial charge < -0.3 is 9.88 Å². The molecule has 1 fully saturated rings. The lowest BCUT2D eigenvalue weighted by molar-refractivity contribution is 0.0605. The van der Waals surface area contributed by atoms with Crippen molar-refractivity contribution in [2.24, 2.45) is 0 Å². The molecule has 0 bridgehead atoms. The van der Waals surface area contributed by atoms with Crippen molar-refractivity contribution in [3.63, 3.8) is 0 Å². The predicted molar refractivity (Wildman–Crippen MR) is 104 cm³/mol. The Kier molecular flexibility index (Phi) is 4.27. The Morgan fingerprint density at radius 1 is 1.15 bits per heavy atom. The minimum Gasteiger partial charge on any atom is -0.350 e. The number of H-pyrrole nitrogens is 1. The maximum Gasteiger partial charge on any atom is 0.271 e. The first kappa shape index (κ1) is 16.8. The number of carbonyl (C=O) groups is 1. The molecule has 1 aliphatic heterocycles. The van der Waals surface area contributed by atoms with Crippen LogP contribution < -0.4 is 0 Å². The van der Waals surface area contributed by atoms with Crippen LogP contribution in [-0.2, 0) is 0 Å². The molecule has 134 valence electrons. The van der Waals surface area contributed by atoms with Crippen molar-refractivity contribution in [2.75, 3.05) is 6.54 Å². The number of nitrogens with zero attached hydrogens (tertiary/aromatic N) is 2. The van der Waals surface area contributed by atoms with E-state index >= 15 is 0 Å². The van der Waals surface area contributed by atoms with Crippen molar-refractivity contribution in [3.05, 3.63) is 64.6 Å². The first-order valence-electron chi connectivity index (χ1n) is 9.37. The summed E-state index contributed by atoms with van der Waals surface area (Å²) in [4.78, 5) is 23.2. The molecule has 1 N–H and O–H groups in total. The monoisotopic (exact) mass is 347 g/mol. The van der Waals surface area contributed by atoms with Gasteiger partial charge in [-0.05, 0) is 68.4 Å². The van der Waals surface area contributed by atoms with E-state index < -0.39 is 0 Å². The standard InChI is InChI=1S/C22H25N3O/c1-14-9-10-15(2)20-19(14)16(3)21(24-20)22(26)25-12-5-4-8-18(25)17-7-6-11-23-13-17/h6-7,9-11,13,18,24H,4-5,8,12H2,1-3H3. The molecule has 1 saturated heterocycles. The number of hydrogen-bond donors (Lipinski definition) is 1. The average molecular weight is 347 g/mol. The lowest BCUT2D eigenvalue weighted by Crippen LogP contribution is -2.39. The Balaban J connectivity index is 1.77. The van der Waals surface area contributed by atoms with E-state index in [0.29, 0.717) is 0 Å². The van der Waals surface area contributed by atoms with Gasteiger partial charge in [-0.3, -0.25) is 9.78 Å². The Labute approximate surface area is 154 Å². The maximum atomic E-state index is 13.5. The van der Waals surface area contributed by atoms with E-state index in [9.17, 15) is 4.79 Å². The van der Waals surface area contributed by atoms with Gasteiger partial charge in [0, 0.05) is 29.8 Å². The zero-order valence-electron chi connectivity index (χ0n) is 15.7. The highest BCUT2D eigenvalue weighted by Gasteiger charge is 2.31. The number of benzene rings is 1. The topological polar surface area (TPSA) is 49.0 Å². The molecule has 1 unspecified atom stereocenters. The summed E-state index contributed by atoms with van der Waals surface area (Å²) in [6.45, 7) is 7.05. The van der Waals surface area contributed by atoms with Gasteiger partial charge in [0.25, 0.3) is 5.91 Å². The van der Waals surface area contributed by atoms with Gasteiger partial charge in [0.15, 0.2) is 0 Å². The summed E-state index contributed by atoms with van der Waals surface area (Å²) in [5.41, 5.74) is 6.38. The van der Waals surface area contributed by atoms with Gasteiger partial charge in [-0.15, -0.1) is 0 Å². The molecule has 1 atom stereocenters. The Hall–Kier alpha value is -2.62. The summed E-state index contributed by atoms with van der Waals surface area (Å²) in [6, 6.07) is 8.38. The van der Waals surface area contributed by atoms with Crippen molar-refractivity contribution in [3.8, 4) is 0 Å². The second-order valence-corrected chi connectivity index (χ2v) is 7.37. The second-order valence-electron chi connectivity index (χ2n) is 7.37. The number of piperidine rings is 1. The molecular formula is C22H25N3O. The summed E-state index contributed by atoms with van der Waals surface area (Å²) in [7, 11) is 0. The first-order valence-corrected chi connectivity index (χ1v) is 9.37. The van der Waals surface area contributed by atoms with Crippen LogP contribution in [0, 0.1) is 20.8 Å². The third kappa shape index (κ3) is 2.70. The minimum atomic E-state index is 0.103. The highest BCUT2D eigenvalue weighted by molar-refractivity contribution is 6.02. The number of amides is 1. The number of carbonyl (C=O) groups excluding carboxylic acids is 1. The van der Waals surface area contributed by atoms with E-state index in [1.54, 1.807) is 6.20 Å². The number of rotatable bonds is 2. The van der Waals surface area contributed by atoms with Crippen LogP contribution in [0.4, 0.5) is 0 Å². The van der Waals surface area contributed by atoms with Gasteiger partial charge in [-0.1, -0.05) is 18.2 Å². The number of aromatic amines is 1. The Morgan fingerprint density at radius 2 is 1.96 bits per heavy atom. The molecule has 0 spiro atoms. The number of pyridine rings is 1. The van der Waals surface area contributed by atoms with Crippen LogP contribution in [0.25, 0.3) is 10.9 Å². The van der Waals surface area contributed by atoms with Gasteiger partial charge in [-0.2, -0.15) is 0 Å². The van der Waals surface area contributed by atoms with Crippen LogP contribution in [0.5, 0.6) is 0 Å². The van der Waals surface area contributed by atoms with E-state index in [-0.39, 0.29) is 11.9 Å². The van der Waals surface area contributed by atoms with Crippen LogP contribution in [0.2, 0.25) is 0 Å². The van der Waals surface area contributed by atoms with Crippen LogP contribution >= 0.6 is 0 Å². The van der Waals surface area contributed by atoms with Gasteiger partial charge >= 0.3 is 0 Å². The number of likely N-dealkylation sites (tertiary alicyclic amines) is 1. The molecule has 26 heavy (non-hydrogen) atoms. The lowest BCUT2D eigenvalue weighted by Gasteiger charge is -2.35. The molecule has 3 heterocycles. The number of fused-ring (bicyclic) bond motifs is 1. The fourth-order valence-electron chi connectivity index (χ4n) is 4.25. The molecule has 0 saturated carbocycles. The maximum absolute atomic E-state index is 13.5. The van der Waals surface area contributed by atoms with Crippen molar-refractivity contribution in [2.45, 2.75) is 46.1 Å². The Bertz CT molecular complexity index is 958. The van der Waals surface area contributed by atoms with E-state index in [2.05, 4.69) is 48.9 Å². The van der Waals surface area contributed by atoms with Gasteiger partial charge in [0.05, 0.1) is 6.04 Å². The van der Waals surface area contributed by atoms with E-state index in [1.807, 2.05) is 17.2 Å². The third-order valence-corrected chi connectivity index (χ3v) is 5.67. The lowest BCUT2D eigenvalue weighted by atomic mass is 9.95. The molecule has 0 aliphatic carbocycles. The van der Waals surface area contributed by atoms with E-state index in [0.717, 1.165) is 48.1 Å². The fraction of sp³-hybridized carbons (Fsp3) is 0.364. The summed E-state index contributed by atoms with van der Waals surface area (Å²) in [5, 5.41) is 1.18. The molecule has 1 amide bonds. The SMILES string of the molecule is Cc1ccc(C)c2c(C)c(C(=O)N3CCCCC3c3cccnc3)[nH]c12. The van der Waals surface area contributed by atoms with Crippen molar-refractivity contribution >= 4 is 16.8 Å². The molecule has 4 heteroatoms. The average Bonchev–Trinajstić information content (AvgIpc) is 3.03. The van der Waals surface area contributed by atoms with Crippen molar-refractivity contribution < 1.29 is 4.79 Å². The minimum absolute atomic E-state index is 0.103. The van der Waals surface area contributed by atoms with Crippen LogP contribution in [0.3, 0.4) is 0 Å². The normalized spacial score (nSPS) is 17.7. The quantitative estimate of drug-likeness (QED) is 0.720. The summed E-state index contributed by atoms with van der Waals surface area (Å²) in [5.74, 6) is 0.103. The van der Waals surface area contributed by atoms with E-state index in [1.165, 1.54) is 16.5 Å². The van der Waals surface area contributed by atoms with Crippen LogP contribution in [0.15, 0.2) is 36.7 Å². The zero-order chi connectivity index (χ0) is 18.3. The highest BCUT2D eigenvalue weighted by Crippen LogP contribution is 2.34. The highest BCUT2D eigenvalue weighted by atomic mass is 16.2. The summed E-state index contributed by atoms with van der Waals surface area (Å²) >= 11 is 0. The smallest absolute Gasteiger partial charge is 0.271 e. The second kappa shape index (κ2) is 6.60. The molecule has 4 nitrogen and oxygen atoms in total. The number of hydrogen-bond acceptors (Lipinski definition) is 2. The largest absolute Gasteiger partial charge is 0.350 e. The molecule has 4 rings (SSSR count). The fourth-order valence-corrected chi connectivity index (χ4v) is 4.25. The number of aromatic nitrogens is 2. The van der Waals surface area contributed by atoms with Gasteiger partial charge in [-0.25, -0.2) is 0 Å². The molecule has 2 aromatic heterocycles. The summed E-state index contributed by atoms with van der Waals surface area (Å²) in [6.07, 6.45) is 6.87. The first-order chi connectivity index (χ1) is 12.6. The van der Waals surface area contributed by atoms with Gasteiger partial charge in [0.1, 0.15) is 5.69 Å². The number of aryl methyl sites for hydroxylation is 3. The molecule has 0 radical (unpaired) electrons. The molecule has 1 aromatic carbocycles. The Morgan fingerprint density at radius 3 is 2.69 bits per heavy atom. The van der Waals surface area contributed by atoms with Crippen molar-refractivity contribution in [1.82, 2.24) is 14.9 Å². The van der Waals surface area contributed by atoms with E-state index in [4.69, 9.17) is 0 Å². The zero-order valence-corrected chi connectivity index (χ0v) is 15.7. The van der Waals surface area contributed by atoms with Crippen molar-refractivity contribution in [1.29, 1.82) is 0 Å².